The van der Waals surface area contributed by atoms with E-state index in [0.717, 1.165) is 19.5 Å². The summed E-state index contributed by atoms with van der Waals surface area (Å²) in [5.74, 6) is -0.115. The topological polar surface area (TPSA) is 24.1 Å². The summed E-state index contributed by atoms with van der Waals surface area (Å²) in [4.78, 5) is 0. The average molecular weight is 345 g/mol. The van der Waals surface area contributed by atoms with E-state index in [-0.39, 0.29) is 11.9 Å². The van der Waals surface area contributed by atoms with Crippen LogP contribution in [0.25, 0.3) is 0 Å². The summed E-state index contributed by atoms with van der Waals surface area (Å²) >= 11 is 0. The Balaban J connectivity index is 0.00000151. The van der Waals surface area contributed by atoms with Gasteiger partial charge in [-0.15, -0.1) is 0 Å². The summed E-state index contributed by atoms with van der Waals surface area (Å²) in [7, 11) is 0. The average Bonchev–Trinajstić information content (AvgIpc) is 2.63. The van der Waals surface area contributed by atoms with Crippen molar-refractivity contribution in [3.05, 3.63) is 70.7 Å². The van der Waals surface area contributed by atoms with Crippen LogP contribution in [0.15, 0.2) is 59.6 Å². The molecule has 0 spiro atoms. The first-order chi connectivity index (χ1) is 12.1. The van der Waals surface area contributed by atoms with Crippen LogP contribution in [-0.4, -0.2) is 13.1 Å². The molecule has 0 radical (unpaired) electrons. The van der Waals surface area contributed by atoms with Gasteiger partial charge < -0.3 is 10.6 Å². The lowest BCUT2D eigenvalue weighted by Gasteiger charge is -2.31. The Morgan fingerprint density at radius 3 is 2.56 bits per heavy atom. The molecule has 0 aliphatic carbocycles. The third-order valence-corrected chi connectivity index (χ3v) is 4.13. The lowest BCUT2D eigenvalue weighted by atomic mass is 9.92. The molecule has 138 valence electrons. The van der Waals surface area contributed by atoms with Gasteiger partial charge in [-0.25, -0.2) is 4.39 Å². The Hall–Kier alpha value is -1.87. The minimum atomic E-state index is -0.115. The van der Waals surface area contributed by atoms with Gasteiger partial charge in [0, 0.05) is 12.2 Å². The first-order valence-electron chi connectivity index (χ1n) is 9.31. The van der Waals surface area contributed by atoms with Crippen LogP contribution >= 0.6 is 0 Å². The fourth-order valence-electron chi connectivity index (χ4n) is 2.84. The SMILES string of the molecule is C/C=C\CNC1=C(C/C=C(\C)F)CCNC1c1ccc(C)cc1.CC. The van der Waals surface area contributed by atoms with Gasteiger partial charge >= 0.3 is 0 Å². The normalized spacial score (nSPS) is 18.2. The quantitative estimate of drug-likeness (QED) is 0.643. The molecule has 1 atom stereocenters. The van der Waals surface area contributed by atoms with E-state index in [2.05, 4.69) is 47.9 Å². The van der Waals surface area contributed by atoms with E-state index in [9.17, 15) is 4.39 Å². The number of hydrogen-bond donors (Lipinski definition) is 2. The molecule has 1 unspecified atom stereocenters. The van der Waals surface area contributed by atoms with Gasteiger partial charge in [-0.2, -0.15) is 0 Å². The molecule has 1 aliphatic rings. The summed E-state index contributed by atoms with van der Waals surface area (Å²) < 4.78 is 13.1. The van der Waals surface area contributed by atoms with Crippen LogP contribution in [0.4, 0.5) is 4.39 Å². The molecule has 0 fully saturated rings. The molecule has 0 aromatic heterocycles. The zero-order chi connectivity index (χ0) is 18.7. The second-order valence-corrected chi connectivity index (χ2v) is 6.01. The van der Waals surface area contributed by atoms with Crippen LogP contribution in [0.2, 0.25) is 0 Å². The van der Waals surface area contributed by atoms with Crippen molar-refractivity contribution in [2.24, 2.45) is 0 Å². The van der Waals surface area contributed by atoms with Gasteiger partial charge in [0.05, 0.1) is 11.9 Å². The summed E-state index contributed by atoms with van der Waals surface area (Å²) in [6.07, 6.45) is 7.43. The van der Waals surface area contributed by atoms with Gasteiger partial charge in [0.25, 0.3) is 0 Å². The van der Waals surface area contributed by atoms with Crippen LogP contribution in [0, 0.1) is 6.92 Å². The van der Waals surface area contributed by atoms with Gasteiger partial charge in [0.1, 0.15) is 0 Å². The van der Waals surface area contributed by atoms with Crippen LogP contribution in [0.3, 0.4) is 0 Å². The molecule has 1 aromatic carbocycles. The zero-order valence-electron chi connectivity index (χ0n) is 16.3. The highest BCUT2D eigenvalue weighted by Crippen LogP contribution is 2.29. The summed E-state index contributed by atoms with van der Waals surface area (Å²) in [6, 6.07) is 8.77. The Kier molecular flexibility index (Phi) is 9.86. The molecule has 2 nitrogen and oxygen atoms in total. The first-order valence-corrected chi connectivity index (χ1v) is 9.31. The Morgan fingerprint density at radius 2 is 1.96 bits per heavy atom. The highest BCUT2D eigenvalue weighted by molar-refractivity contribution is 5.35. The molecular weight excluding hydrogens is 311 g/mol. The predicted octanol–water partition coefficient (Wildman–Crippen LogP) is 5.74. The Morgan fingerprint density at radius 1 is 1.28 bits per heavy atom. The Labute approximate surface area is 152 Å². The second-order valence-electron chi connectivity index (χ2n) is 6.01. The van der Waals surface area contributed by atoms with Gasteiger partial charge in [-0.1, -0.05) is 55.8 Å². The number of nitrogens with one attached hydrogen (secondary N) is 2. The fraction of sp³-hybridized carbons (Fsp3) is 0.455. The molecular formula is C22H33FN2. The molecule has 0 bridgehead atoms. The van der Waals surface area contributed by atoms with Gasteiger partial charge in [-0.3, -0.25) is 0 Å². The van der Waals surface area contributed by atoms with Crippen molar-refractivity contribution >= 4 is 0 Å². The first kappa shape index (κ1) is 21.2. The third-order valence-electron chi connectivity index (χ3n) is 4.13. The van der Waals surface area contributed by atoms with Gasteiger partial charge in [0.15, 0.2) is 0 Å². The van der Waals surface area contributed by atoms with Crippen molar-refractivity contribution in [3.63, 3.8) is 0 Å². The number of rotatable bonds is 6. The van der Waals surface area contributed by atoms with Crippen molar-refractivity contribution in [3.8, 4) is 0 Å². The molecule has 1 aliphatic heterocycles. The summed E-state index contributed by atoms with van der Waals surface area (Å²) in [6.45, 7) is 11.3. The lowest BCUT2D eigenvalue weighted by molar-refractivity contribution is 0.517. The van der Waals surface area contributed by atoms with Crippen LogP contribution in [0.5, 0.6) is 0 Å². The van der Waals surface area contributed by atoms with E-state index in [1.165, 1.54) is 29.3 Å². The molecule has 0 amide bonds. The molecule has 25 heavy (non-hydrogen) atoms. The predicted molar refractivity (Wildman–Crippen MR) is 107 cm³/mol. The molecule has 0 saturated carbocycles. The molecule has 1 aromatic rings. The minimum absolute atomic E-state index is 0.115. The molecule has 0 saturated heterocycles. The molecule has 3 heteroatoms. The minimum Gasteiger partial charge on any atom is -0.383 e. The number of hydrogen-bond acceptors (Lipinski definition) is 2. The summed E-state index contributed by atoms with van der Waals surface area (Å²) in [5, 5.41) is 7.13. The van der Waals surface area contributed by atoms with E-state index >= 15 is 0 Å². The largest absolute Gasteiger partial charge is 0.383 e. The van der Waals surface area contributed by atoms with Crippen molar-refractivity contribution in [2.75, 3.05) is 13.1 Å². The fourth-order valence-corrected chi connectivity index (χ4v) is 2.84. The van der Waals surface area contributed by atoms with E-state index in [0.29, 0.717) is 6.42 Å². The maximum Gasteiger partial charge on any atom is 0.0932 e. The molecule has 1 heterocycles. The van der Waals surface area contributed by atoms with Gasteiger partial charge in [0.2, 0.25) is 0 Å². The molecule has 2 rings (SSSR count). The maximum absolute atomic E-state index is 13.1. The monoisotopic (exact) mass is 344 g/mol. The zero-order valence-corrected chi connectivity index (χ0v) is 16.3. The van der Waals surface area contributed by atoms with E-state index < -0.39 is 0 Å². The number of halogens is 1. The van der Waals surface area contributed by atoms with Crippen molar-refractivity contribution < 1.29 is 4.39 Å². The van der Waals surface area contributed by atoms with E-state index in [1.54, 1.807) is 6.08 Å². The van der Waals surface area contributed by atoms with Crippen LogP contribution < -0.4 is 10.6 Å². The number of allylic oxidation sites excluding steroid dienone is 3. The molecule has 2 N–H and O–H groups in total. The van der Waals surface area contributed by atoms with Crippen LogP contribution in [-0.2, 0) is 0 Å². The van der Waals surface area contributed by atoms with Gasteiger partial charge in [-0.05, 0) is 57.4 Å². The smallest absolute Gasteiger partial charge is 0.0932 e. The number of aryl methyl sites for hydroxylation is 1. The summed E-state index contributed by atoms with van der Waals surface area (Å²) in [5.41, 5.74) is 4.98. The van der Waals surface area contributed by atoms with Crippen molar-refractivity contribution in [2.45, 2.75) is 53.5 Å². The highest BCUT2D eigenvalue weighted by Gasteiger charge is 2.23. The number of benzene rings is 1. The van der Waals surface area contributed by atoms with Crippen molar-refractivity contribution in [1.29, 1.82) is 0 Å². The third kappa shape index (κ3) is 6.87. The van der Waals surface area contributed by atoms with E-state index in [4.69, 9.17) is 0 Å². The lowest BCUT2D eigenvalue weighted by Crippen LogP contribution is -2.36. The Bertz CT molecular complexity index is 593. The second kappa shape index (κ2) is 11.6. The standard InChI is InChI=1S/C20H27FN2.C2H6/c1-4-5-13-22-20-18(11-8-16(3)21)12-14-23-19(20)17-9-6-15(2)7-10-17;1-2/h4-10,19,22-23H,11-14H2,1-3H3;1-2H3/b5-4-,16-8+;. The van der Waals surface area contributed by atoms with Crippen molar-refractivity contribution in [1.82, 2.24) is 10.6 Å². The van der Waals surface area contributed by atoms with Crippen LogP contribution in [0.1, 0.15) is 57.7 Å². The van der Waals surface area contributed by atoms with E-state index in [1.807, 2.05) is 26.8 Å². The maximum atomic E-state index is 13.1. The highest BCUT2D eigenvalue weighted by atomic mass is 19.1.